The van der Waals surface area contributed by atoms with E-state index in [0.717, 1.165) is 13.8 Å². The highest BCUT2D eigenvalue weighted by Gasteiger charge is 2.81. The number of ketones is 8. The summed E-state index contributed by atoms with van der Waals surface area (Å²) >= 11 is 0. The summed E-state index contributed by atoms with van der Waals surface area (Å²) in [6.07, 6.45) is -9.51. The largest absolute Gasteiger partial charge is 0.386 e. The minimum atomic E-state index is -3.91. The molecule has 2 fully saturated rings. The maximum atomic E-state index is 13.0. The number of carbonyl (C=O) groups is 8. The number of Topliss-reactive ketones (excluding diaryl/α,β-unsaturated/α-hetero) is 8. The lowest BCUT2D eigenvalue weighted by Crippen LogP contribution is -2.87. The van der Waals surface area contributed by atoms with Crippen molar-refractivity contribution in [2.24, 2.45) is 0 Å². The van der Waals surface area contributed by atoms with E-state index in [1.807, 2.05) is 0 Å². The fourth-order valence-electron chi connectivity index (χ4n) is 6.01. The highest BCUT2D eigenvalue weighted by Crippen LogP contribution is 2.56. The van der Waals surface area contributed by atoms with Gasteiger partial charge in [0.25, 0.3) is 0 Å². The zero-order valence-electron chi connectivity index (χ0n) is 26.9. The van der Waals surface area contributed by atoms with Crippen LogP contribution < -0.4 is 0 Å². The molecule has 2 unspecified atom stereocenters. The molecule has 18 nitrogen and oxygen atoms in total. The van der Waals surface area contributed by atoms with E-state index >= 15 is 0 Å². The molecule has 0 aromatic carbocycles. The van der Waals surface area contributed by atoms with Gasteiger partial charge in [0.2, 0.25) is 11.2 Å². The Morgan fingerprint density at radius 2 is 0.708 bits per heavy atom. The molecule has 0 amide bonds. The Balaban J connectivity index is 2.94. The maximum Gasteiger partial charge on any atom is 0.201 e. The summed E-state index contributed by atoms with van der Waals surface area (Å²) in [4.78, 5) is 104. The third-order valence-electron chi connectivity index (χ3n) is 8.90. The Bertz CT molecular complexity index is 1340. The zero-order valence-corrected chi connectivity index (χ0v) is 28.6. The van der Waals surface area contributed by atoms with Crippen LogP contribution in [-0.2, 0) is 47.8 Å². The number of aliphatic hydroxyl groups is 8. The summed E-state index contributed by atoms with van der Waals surface area (Å²) in [6.45, 7) is 5.07. The quantitative estimate of drug-likeness (QED) is 0.0831. The topological polar surface area (TPSA) is 317 Å². The van der Waals surface area contributed by atoms with Crippen molar-refractivity contribution in [3.63, 3.8) is 0 Å². The summed E-state index contributed by atoms with van der Waals surface area (Å²) in [5, 5.41) is 89.8. The van der Waals surface area contributed by atoms with Crippen molar-refractivity contribution < 1.29 is 88.7 Å². The highest BCUT2D eigenvalue weighted by atomic mass is 33.1. The normalized spacial score (nSPS) is 41.1. The second-order valence-electron chi connectivity index (χ2n) is 11.9. The number of rotatable bonds is 13. The van der Waals surface area contributed by atoms with Crippen molar-refractivity contribution in [3.8, 4) is 0 Å². The number of carbonyl (C=O) groups excluding carboxylic acids is 8. The van der Waals surface area contributed by atoms with Gasteiger partial charge in [0.05, 0.1) is 0 Å². The first-order chi connectivity index (χ1) is 21.6. The molecule has 0 bridgehead atoms. The second-order valence-corrected chi connectivity index (χ2v) is 14.3. The van der Waals surface area contributed by atoms with E-state index in [9.17, 15) is 79.2 Å². The number of aliphatic hydroxyl groups excluding tert-OH is 2. The van der Waals surface area contributed by atoms with Crippen LogP contribution in [0.3, 0.4) is 0 Å². The maximum absolute atomic E-state index is 13.0. The Labute approximate surface area is 280 Å². The molecule has 0 radical (unpaired) electrons. The average molecular weight is 727 g/mol. The van der Waals surface area contributed by atoms with E-state index in [1.54, 1.807) is 0 Å². The van der Waals surface area contributed by atoms with E-state index in [2.05, 4.69) is 0 Å². The molecule has 2 saturated heterocycles. The molecule has 0 aliphatic carbocycles. The van der Waals surface area contributed by atoms with Crippen molar-refractivity contribution in [1.29, 1.82) is 0 Å². The predicted molar refractivity (Wildman–Crippen MR) is 160 cm³/mol. The lowest BCUT2D eigenvalue weighted by atomic mass is 9.60. The molecular formula is C28H38O18S2. The van der Waals surface area contributed by atoms with Gasteiger partial charge in [-0.05, 0) is 55.4 Å². The molecule has 0 aromatic heterocycles. The molecule has 270 valence electrons. The fraction of sp³-hybridized carbons (Fsp3) is 0.714. The third kappa shape index (κ3) is 5.28. The van der Waals surface area contributed by atoms with E-state index in [1.165, 1.54) is 0 Å². The minimum absolute atomic E-state index is 0.0778. The number of hydrogen-bond donors (Lipinski definition) is 8. The molecule has 0 aromatic rings. The van der Waals surface area contributed by atoms with Crippen LogP contribution in [0.15, 0.2) is 0 Å². The van der Waals surface area contributed by atoms with E-state index in [0.29, 0.717) is 41.5 Å². The van der Waals surface area contributed by atoms with Gasteiger partial charge in [-0.25, -0.2) is 0 Å². The van der Waals surface area contributed by atoms with Gasteiger partial charge in [-0.2, -0.15) is 0 Å². The summed E-state index contributed by atoms with van der Waals surface area (Å²) in [5.74, 6) is -12.7. The van der Waals surface area contributed by atoms with Gasteiger partial charge in [0.15, 0.2) is 91.8 Å². The van der Waals surface area contributed by atoms with Crippen molar-refractivity contribution >= 4 is 67.9 Å². The molecule has 8 N–H and O–H groups in total. The van der Waals surface area contributed by atoms with Crippen molar-refractivity contribution in [2.75, 3.05) is 0 Å². The average Bonchev–Trinajstić information content (AvgIpc) is 2.97. The monoisotopic (exact) mass is 726 g/mol. The number of hydrogen-bond acceptors (Lipinski definition) is 20. The van der Waals surface area contributed by atoms with Crippen LogP contribution in [0, 0.1) is 0 Å². The SMILES string of the molecule is CC(=O)[C@]1(O)[C@](O)(C(C)=O)[C@@H](C(=O)C(C)O)O[C@@H](SS[C@@H]2O[C@H](C(=O)C(C)O)[C@@](O)(C(C)=O)[C@@](O)(C(C)=O)[C@]2(O)C(C)=O)[C@@]1(O)C(C)=O. The highest BCUT2D eigenvalue weighted by molar-refractivity contribution is 8.77. The standard InChI is InChI=1S/C28H38O18S2/c1-9(29)17(37)19-23(39,11(3)31)27(43,15(7)35)25(41,13(5)33)21(45-19)47-48-22-26(42,14(6)34)28(44,16(8)36)24(40,12(4)32)20(46-22)18(38)10(2)30/h9-10,19-22,29-30,39-44H,1-8H3/t9?,10?,19-,20-,21+,22+,23+,24+,25+,26+,27+,28+/m1/s1. The van der Waals surface area contributed by atoms with Gasteiger partial charge in [-0.3, -0.25) is 38.4 Å². The van der Waals surface area contributed by atoms with Crippen LogP contribution in [0.25, 0.3) is 0 Å². The molecular weight excluding hydrogens is 688 g/mol. The Morgan fingerprint density at radius 3 is 0.875 bits per heavy atom. The van der Waals surface area contributed by atoms with Crippen LogP contribution >= 0.6 is 21.6 Å². The second kappa shape index (κ2) is 13.4. The molecule has 2 rings (SSSR count). The smallest absolute Gasteiger partial charge is 0.201 e. The Kier molecular flexibility index (Phi) is 11.7. The van der Waals surface area contributed by atoms with E-state index < -0.39 is 115 Å². The Hall–Kier alpha value is -2.34. The predicted octanol–water partition coefficient (Wildman–Crippen LogP) is -4.36. The van der Waals surface area contributed by atoms with Gasteiger partial charge in [-0.1, -0.05) is 21.6 Å². The molecule has 2 aliphatic heterocycles. The van der Waals surface area contributed by atoms with Gasteiger partial charge < -0.3 is 50.3 Å². The third-order valence-corrected chi connectivity index (χ3v) is 11.7. The molecule has 2 aliphatic rings. The molecule has 0 spiro atoms. The van der Waals surface area contributed by atoms with Crippen LogP contribution in [0.1, 0.15) is 55.4 Å². The first kappa shape index (κ1) is 41.8. The fourth-order valence-corrected chi connectivity index (χ4v) is 9.19. The summed E-state index contributed by atoms with van der Waals surface area (Å²) < 4.78 is 10.9. The van der Waals surface area contributed by atoms with Crippen LogP contribution in [0.4, 0.5) is 0 Å². The molecule has 12 atom stereocenters. The van der Waals surface area contributed by atoms with Gasteiger partial charge >= 0.3 is 0 Å². The Morgan fingerprint density at radius 1 is 0.479 bits per heavy atom. The van der Waals surface area contributed by atoms with Crippen molar-refractivity contribution in [1.82, 2.24) is 0 Å². The van der Waals surface area contributed by atoms with Crippen LogP contribution in [-0.4, -0.2) is 156 Å². The van der Waals surface area contributed by atoms with Gasteiger partial charge in [0, 0.05) is 0 Å². The van der Waals surface area contributed by atoms with Crippen molar-refractivity contribution in [3.05, 3.63) is 0 Å². The van der Waals surface area contributed by atoms with Gasteiger partial charge in [0.1, 0.15) is 12.2 Å². The lowest BCUT2D eigenvalue weighted by Gasteiger charge is -2.58. The summed E-state index contributed by atoms with van der Waals surface area (Å²) in [5.41, 5.74) is -27.7. The molecule has 20 heteroatoms. The van der Waals surface area contributed by atoms with Gasteiger partial charge in [-0.15, -0.1) is 0 Å². The van der Waals surface area contributed by atoms with Crippen LogP contribution in [0.2, 0.25) is 0 Å². The first-order valence-corrected chi connectivity index (χ1v) is 16.3. The van der Waals surface area contributed by atoms with E-state index in [-0.39, 0.29) is 21.6 Å². The molecule has 48 heavy (non-hydrogen) atoms. The summed E-state index contributed by atoms with van der Waals surface area (Å²) in [6, 6.07) is 0. The van der Waals surface area contributed by atoms with Crippen LogP contribution in [0.5, 0.6) is 0 Å². The zero-order chi connectivity index (χ0) is 37.9. The van der Waals surface area contributed by atoms with Crippen molar-refractivity contribution in [2.45, 2.75) is 124 Å². The number of ether oxygens (including phenoxy) is 2. The molecule has 2 heterocycles. The molecule has 0 saturated carbocycles. The van der Waals surface area contributed by atoms with E-state index in [4.69, 9.17) is 9.47 Å². The lowest BCUT2D eigenvalue weighted by molar-refractivity contribution is -0.298. The minimum Gasteiger partial charge on any atom is -0.386 e. The first-order valence-electron chi connectivity index (χ1n) is 14.0. The summed E-state index contributed by atoms with van der Waals surface area (Å²) in [7, 11) is -0.156.